The summed E-state index contributed by atoms with van der Waals surface area (Å²) in [6, 6.07) is 0. The van der Waals surface area contributed by atoms with Crippen molar-refractivity contribution in [2.75, 3.05) is 6.61 Å². The predicted octanol–water partition coefficient (Wildman–Crippen LogP) is 4.47. The minimum Gasteiger partial charge on any atom is -0.368 e. The third-order valence-electron chi connectivity index (χ3n) is 3.06. The largest absolute Gasteiger partial charge is 0.368 e. The van der Waals surface area contributed by atoms with Crippen molar-refractivity contribution in [3.63, 3.8) is 0 Å². The van der Waals surface area contributed by atoms with Crippen LogP contribution in [0.5, 0.6) is 0 Å². The smallest absolute Gasteiger partial charge is 0.154 e. The molecule has 1 radical (unpaired) electrons. The summed E-state index contributed by atoms with van der Waals surface area (Å²) in [7, 11) is 0. The summed E-state index contributed by atoms with van der Waals surface area (Å²) in [5.41, 5.74) is 0. The molecule has 0 aromatic heterocycles. The Morgan fingerprint density at radius 2 is 1.35 bits per heavy atom. The maximum Gasteiger partial charge on any atom is 0.154 e. The lowest BCUT2D eigenvalue weighted by atomic mass is 10.1. The number of ether oxygens (including phenoxy) is 1. The SMILES string of the molecule is [CH2]CC(O)OCCCCCCCCCCCC. The normalized spacial score (nSPS) is 12.9. The average Bonchev–Trinajstić information content (AvgIpc) is 2.35. The van der Waals surface area contributed by atoms with Crippen molar-refractivity contribution in [1.82, 2.24) is 0 Å². The van der Waals surface area contributed by atoms with Crippen molar-refractivity contribution in [2.45, 2.75) is 83.8 Å². The molecule has 17 heavy (non-hydrogen) atoms. The van der Waals surface area contributed by atoms with Gasteiger partial charge in [-0.05, 0) is 19.8 Å². The van der Waals surface area contributed by atoms with Gasteiger partial charge >= 0.3 is 0 Å². The molecule has 0 amide bonds. The Bertz CT molecular complexity index is 137. The quantitative estimate of drug-likeness (QED) is 0.382. The zero-order chi connectivity index (χ0) is 12.8. The Hall–Kier alpha value is -0.0800. The van der Waals surface area contributed by atoms with Crippen molar-refractivity contribution in [3.8, 4) is 0 Å². The maximum atomic E-state index is 9.12. The van der Waals surface area contributed by atoms with Crippen molar-refractivity contribution in [3.05, 3.63) is 6.92 Å². The molecule has 2 heteroatoms. The first-order valence-corrected chi connectivity index (χ1v) is 7.40. The van der Waals surface area contributed by atoms with Crippen molar-refractivity contribution in [2.24, 2.45) is 0 Å². The lowest BCUT2D eigenvalue weighted by Gasteiger charge is -2.08. The van der Waals surface area contributed by atoms with E-state index < -0.39 is 6.29 Å². The van der Waals surface area contributed by atoms with E-state index in [0.717, 1.165) is 6.42 Å². The number of hydrogen-bond donors (Lipinski definition) is 1. The molecule has 0 heterocycles. The highest BCUT2D eigenvalue weighted by atomic mass is 16.6. The van der Waals surface area contributed by atoms with Crippen LogP contribution in [0.4, 0.5) is 0 Å². The van der Waals surface area contributed by atoms with Gasteiger partial charge in [-0.2, -0.15) is 0 Å². The van der Waals surface area contributed by atoms with E-state index in [-0.39, 0.29) is 0 Å². The Morgan fingerprint density at radius 1 is 0.882 bits per heavy atom. The predicted molar refractivity (Wildman–Crippen MR) is 73.8 cm³/mol. The summed E-state index contributed by atoms with van der Waals surface area (Å²) >= 11 is 0. The number of aliphatic hydroxyl groups is 1. The second-order valence-corrected chi connectivity index (χ2v) is 4.80. The second kappa shape index (κ2) is 14.0. The molecule has 0 aromatic carbocycles. The van der Waals surface area contributed by atoms with Crippen LogP contribution in [0.1, 0.15) is 77.6 Å². The molecule has 0 fully saturated rings. The third-order valence-corrected chi connectivity index (χ3v) is 3.06. The van der Waals surface area contributed by atoms with E-state index in [1.807, 2.05) is 0 Å². The van der Waals surface area contributed by atoms with Crippen LogP contribution in [-0.2, 0) is 4.74 Å². The van der Waals surface area contributed by atoms with Gasteiger partial charge in [0.2, 0.25) is 0 Å². The van der Waals surface area contributed by atoms with Crippen LogP contribution in [0.15, 0.2) is 0 Å². The van der Waals surface area contributed by atoms with Crippen LogP contribution in [-0.4, -0.2) is 18.0 Å². The van der Waals surface area contributed by atoms with Gasteiger partial charge in [-0.15, -0.1) is 0 Å². The maximum absolute atomic E-state index is 9.12. The topological polar surface area (TPSA) is 29.5 Å². The van der Waals surface area contributed by atoms with Gasteiger partial charge in [-0.1, -0.05) is 64.7 Å². The monoisotopic (exact) mass is 243 g/mol. The number of rotatable bonds is 13. The molecule has 0 rings (SSSR count). The summed E-state index contributed by atoms with van der Waals surface area (Å²) in [5.74, 6) is 0. The van der Waals surface area contributed by atoms with Crippen LogP contribution < -0.4 is 0 Å². The molecule has 0 spiro atoms. The Balaban J connectivity index is 2.94. The molecule has 0 aliphatic carbocycles. The van der Waals surface area contributed by atoms with E-state index >= 15 is 0 Å². The highest BCUT2D eigenvalue weighted by Crippen LogP contribution is 2.10. The molecule has 2 nitrogen and oxygen atoms in total. The zero-order valence-corrected chi connectivity index (χ0v) is 11.6. The summed E-state index contributed by atoms with van der Waals surface area (Å²) in [5, 5.41) is 9.12. The lowest BCUT2D eigenvalue weighted by molar-refractivity contribution is -0.0971. The van der Waals surface area contributed by atoms with Crippen molar-refractivity contribution >= 4 is 0 Å². The highest BCUT2D eigenvalue weighted by molar-refractivity contribution is 4.48. The molecular weight excluding hydrogens is 212 g/mol. The van der Waals surface area contributed by atoms with E-state index in [2.05, 4.69) is 13.8 Å². The summed E-state index contributed by atoms with van der Waals surface area (Å²) in [6.45, 7) is 6.51. The van der Waals surface area contributed by atoms with Crippen LogP contribution in [0.3, 0.4) is 0 Å². The molecule has 103 valence electrons. The Morgan fingerprint density at radius 3 is 1.82 bits per heavy atom. The van der Waals surface area contributed by atoms with Gasteiger partial charge in [0.15, 0.2) is 6.29 Å². The van der Waals surface area contributed by atoms with Crippen LogP contribution >= 0.6 is 0 Å². The van der Waals surface area contributed by atoms with E-state index in [0.29, 0.717) is 13.0 Å². The molecule has 0 saturated heterocycles. The first kappa shape index (κ1) is 16.9. The highest BCUT2D eigenvalue weighted by Gasteiger charge is 1.98. The molecule has 1 atom stereocenters. The summed E-state index contributed by atoms with van der Waals surface area (Å²) in [4.78, 5) is 0. The van der Waals surface area contributed by atoms with Crippen LogP contribution in [0.2, 0.25) is 0 Å². The first-order chi connectivity index (χ1) is 8.31. The summed E-state index contributed by atoms with van der Waals surface area (Å²) < 4.78 is 5.16. The van der Waals surface area contributed by atoms with E-state index in [1.165, 1.54) is 57.8 Å². The third kappa shape index (κ3) is 13.9. The van der Waals surface area contributed by atoms with Gasteiger partial charge in [0, 0.05) is 6.61 Å². The number of aliphatic hydroxyl groups excluding tert-OH is 1. The summed E-state index contributed by atoms with van der Waals surface area (Å²) in [6.07, 6.45) is 13.0. The molecular formula is C15H31O2. The fourth-order valence-corrected chi connectivity index (χ4v) is 1.89. The molecule has 0 aliphatic heterocycles. The number of hydrogen-bond acceptors (Lipinski definition) is 2. The molecule has 0 aromatic rings. The van der Waals surface area contributed by atoms with E-state index in [4.69, 9.17) is 9.84 Å². The minimum atomic E-state index is -0.659. The average molecular weight is 243 g/mol. The standard InChI is InChI=1S/C15H31O2/c1-3-5-6-7-8-9-10-11-12-13-14-17-15(16)4-2/h15-16H,2-14H2,1H3. The van der Waals surface area contributed by atoms with E-state index in [1.54, 1.807) is 0 Å². The van der Waals surface area contributed by atoms with Gasteiger partial charge in [0.1, 0.15) is 0 Å². The van der Waals surface area contributed by atoms with E-state index in [9.17, 15) is 0 Å². The first-order valence-electron chi connectivity index (χ1n) is 7.40. The molecule has 0 aliphatic rings. The van der Waals surface area contributed by atoms with Gasteiger partial charge in [-0.25, -0.2) is 0 Å². The number of unbranched alkanes of at least 4 members (excludes halogenated alkanes) is 9. The van der Waals surface area contributed by atoms with Crippen molar-refractivity contribution < 1.29 is 9.84 Å². The van der Waals surface area contributed by atoms with Crippen LogP contribution in [0, 0.1) is 6.92 Å². The van der Waals surface area contributed by atoms with Gasteiger partial charge in [0.05, 0.1) is 0 Å². The minimum absolute atomic E-state index is 0.442. The van der Waals surface area contributed by atoms with Crippen LogP contribution in [0.25, 0.3) is 0 Å². The second-order valence-electron chi connectivity index (χ2n) is 4.80. The zero-order valence-electron chi connectivity index (χ0n) is 11.6. The molecule has 1 unspecified atom stereocenters. The fraction of sp³-hybridized carbons (Fsp3) is 0.933. The Labute approximate surface area is 108 Å². The van der Waals surface area contributed by atoms with Gasteiger partial charge in [-0.3, -0.25) is 0 Å². The lowest BCUT2D eigenvalue weighted by Crippen LogP contribution is -2.10. The fourth-order valence-electron chi connectivity index (χ4n) is 1.89. The van der Waals surface area contributed by atoms with Gasteiger partial charge < -0.3 is 9.84 Å². The van der Waals surface area contributed by atoms with Gasteiger partial charge in [0.25, 0.3) is 0 Å². The molecule has 1 N–H and O–H groups in total. The molecule has 0 bridgehead atoms. The molecule has 0 saturated carbocycles. The Kier molecular flexibility index (Phi) is 13.9. The van der Waals surface area contributed by atoms with Crippen molar-refractivity contribution in [1.29, 1.82) is 0 Å².